The average molecular weight is 210 g/mol. The smallest absolute Gasteiger partial charge is 0.319 e. The lowest BCUT2D eigenvalue weighted by atomic mass is 10.2. The highest BCUT2D eigenvalue weighted by Gasteiger charge is 2.45. The van der Waals surface area contributed by atoms with Crippen molar-refractivity contribution in [2.75, 3.05) is 19.6 Å². The normalized spacial score (nSPS) is 13.8. The Labute approximate surface area is 75.6 Å². The predicted molar refractivity (Wildman–Crippen MR) is 45.3 cm³/mol. The van der Waals surface area contributed by atoms with E-state index in [0.717, 1.165) is 0 Å². The summed E-state index contributed by atoms with van der Waals surface area (Å²) in [5.74, 6) is -1.48. The third-order valence-corrected chi connectivity index (χ3v) is 3.88. The fourth-order valence-corrected chi connectivity index (χ4v) is 1.91. The summed E-state index contributed by atoms with van der Waals surface area (Å²) in [5.41, 5.74) is 0. The van der Waals surface area contributed by atoms with Crippen molar-refractivity contribution in [2.45, 2.75) is 5.16 Å². The number of aliphatic carboxylic acids is 1. The van der Waals surface area contributed by atoms with Crippen molar-refractivity contribution in [3.8, 4) is 0 Å². The summed E-state index contributed by atoms with van der Waals surface area (Å²) in [5, 5.41) is 33.0. The van der Waals surface area contributed by atoms with E-state index in [9.17, 15) is 9.59 Å². The molecule has 1 atom stereocenters. The van der Waals surface area contributed by atoms with Crippen LogP contribution < -0.4 is 0 Å². The van der Waals surface area contributed by atoms with Crippen LogP contribution in [0.4, 0.5) is 0 Å². The molecule has 0 aromatic rings. The first-order chi connectivity index (χ1) is 6.08. The Bertz CT molecular complexity index is 190. The van der Waals surface area contributed by atoms with E-state index in [1.54, 1.807) is 0 Å². The molecule has 76 valence electrons. The molecule has 0 aliphatic rings. The molecular weight excluding hydrogens is 199 g/mol. The maximum absolute atomic E-state index is 10.7. The molecule has 0 heterocycles. The molecule has 13 heavy (non-hydrogen) atoms. The van der Waals surface area contributed by atoms with Crippen LogP contribution >= 0.6 is 7.92 Å². The van der Waals surface area contributed by atoms with E-state index >= 15 is 0 Å². The van der Waals surface area contributed by atoms with Crippen LogP contribution in [0, 0.1) is 0 Å². The number of hydrogen-bond acceptors (Lipinski definition) is 5. The lowest BCUT2D eigenvalue weighted by Crippen LogP contribution is -2.45. The minimum atomic E-state index is -1.97. The Morgan fingerprint density at radius 1 is 1.31 bits per heavy atom. The topological polar surface area (TPSA) is 115 Å². The molecule has 0 aromatic heterocycles. The fourth-order valence-electron chi connectivity index (χ4n) is 0.759. The maximum Gasteiger partial charge on any atom is 0.319 e. The van der Waals surface area contributed by atoms with Crippen LogP contribution in [0.2, 0.25) is 0 Å². The van der Waals surface area contributed by atoms with E-state index < -0.39 is 38.6 Å². The quantitative estimate of drug-likeness (QED) is 0.310. The van der Waals surface area contributed by atoms with Crippen LogP contribution in [-0.4, -0.2) is 57.1 Å². The van der Waals surface area contributed by atoms with Gasteiger partial charge in [-0.2, -0.15) is 0 Å². The van der Waals surface area contributed by atoms with Crippen LogP contribution in [0.5, 0.6) is 0 Å². The Hall–Kier alpha value is -0.550. The maximum atomic E-state index is 10.7. The second-order valence-corrected chi connectivity index (χ2v) is 4.66. The Morgan fingerprint density at radius 2 is 1.77 bits per heavy atom. The molecule has 0 spiro atoms. The number of hydrogen-bond donors (Lipinski definition) is 4. The highest BCUT2D eigenvalue weighted by Crippen LogP contribution is 2.45. The van der Waals surface area contributed by atoms with Crippen LogP contribution in [0.1, 0.15) is 0 Å². The van der Waals surface area contributed by atoms with Crippen LogP contribution in [0.15, 0.2) is 0 Å². The molecule has 0 saturated carbocycles. The van der Waals surface area contributed by atoms with Crippen molar-refractivity contribution in [3.63, 3.8) is 0 Å². The number of carboxylic acids is 1. The molecule has 0 saturated heterocycles. The molecule has 0 fully saturated rings. The summed E-state index contributed by atoms with van der Waals surface area (Å²) in [6.07, 6.45) is -0.660. The van der Waals surface area contributed by atoms with Gasteiger partial charge >= 0.3 is 5.97 Å². The molecule has 0 aliphatic heterocycles. The van der Waals surface area contributed by atoms with Gasteiger partial charge in [-0.1, -0.05) is 0 Å². The fraction of sp³-hybridized carbons (Fsp3) is 0.667. The molecule has 0 amide bonds. The SMILES string of the molecule is O=CP(CO)C(CO)(CO)C(=O)O. The zero-order valence-corrected chi connectivity index (χ0v) is 7.65. The molecular formula is C6H11O6P. The number of aliphatic hydroxyl groups excluding tert-OH is 3. The monoisotopic (exact) mass is 210 g/mol. The van der Waals surface area contributed by atoms with Gasteiger partial charge in [0, 0.05) is 7.92 Å². The first-order valence-electron chi connectivity index (χ1n) is 3.37. The summed E-state index contributed by atoms with van der Waals surface area (Å²) >= 11 is 0. The van der Waals surface area contributed by atoms with Gasteiger partial charge < -0.3 is 20.4 Å². The van der Waals surface area contributed by atoms with Crippen molar-refractivity contribution >= 4 is 19.9 Å². The van der Waals surface area contributed by atoms with Crippen LogP contribution in [-0.2, 0) is 9.59 Å². The second-order valence-electron chi connectivity index (χ2n) is 2.37. The highest BCUT2D eigenvalue weighted by atomic mass is 31.1. The van der Waals surface area contributed by atoms with Gasteiger partial charge in [-0.3, -0.25) is 9.59 Å². The molecule has 0 rings (SSSR count). The van der Waals surface area contributed by atoms with Gasteiger partial charge in [-0.15, -0.1) is 0 Å². The van der Waals surface area contributed by atoms with E-state index in [1.807, 2.05) is 0 Å². The summed E-state index contributed by atoms with van der Waals surface area (Å²) in [7, 11) is -1.97. The Morgan fingerprint density at radius 3 is 1.85 bits per heavy atom. The number of aliphatic hydroxyl groups is 3. The second kappa shape index (κ2) is 5.24. The number of carboxylic acid groups (broad SMARTS) is 1. The average Bonchev–Trinajstić information content (AvgIpc) is 2.13. The molecule has 7 heteroatoms. The van der Waals surface area contributed by atoms with E-state index in [1.165, 1.54) is 0 Å². The molecule has 0 radical (unpaired) electrons. The molecule has 4 N–H and O–H groups in total. The number of carbonyl (C=O) groups excluding carboxylic acids is 1. The van der Waals surface area contributed by atoms with Gasteiger partial charge in [0.25, 0.3) is 0 Å². The number of carbonyl (C=O) groups is 2. The zero-order valence-electron chi connectivity index (χ0n) is 6.75. The van der Waals surface area contributed by atoms with Crippen molar-refractivity contribution in [1.29, 1.82) is 0 Å². The molecule has 6 nitrogen and oxygen atoms in total. The van der Waals surface area contributed by atoms with E-state index in [0.29, 0.717) is 0 Å². The van der Waals surface area contributed by atoms with Crippen molar-refractivity contribution in [2.24, 2.45) is 0 Å². The predicted octanol–water partition coefficient (Wildman–Crippen LogP) is -1.58. The lowest BCUT2D eigenvalue weighted by Gasteiger charge is -2.28. The standard InChI is InChI=1S/C6H11O6P/c7-1-6(2-8,5(11)12)13(3-9)4-10/h3,7-8,10H,1-2,4H2,(H,11,12). The van der Waals surface area contributed by atoms with E-state index in [4.69, 9.17) is 20.4 Å². The lowest BCUT2D eigenvalue weighted by molar-refractivity contribution is -0.142. The van der Waals surface area contributed by atoms with Crippen molar-refractivity contribution in [3.05, 3.63) is 0 Å². The number of rotatable bonds is 6. The van der Waals surface area contributed by atoms with Gasteiger partial charge in [0.2, 0.25) is 0 Å². The minimum Gasteiger partial charge on any atom is -0.480 e. The molecule has 1 unspecified atom stereocenters. The largest absolute Gasteiger partial charge is 0.480 e. The van der Waals surface area contributed by atoms with Gasteiger partial charge in [0.1, 0.15) is 11.2 Å². The summed E-state index contributed by atoms with van der Waals surface area (Å²) in [6.45, 7) is -1.74. The van der Waals surface area contributed by atoms with Gasteiger partial charge in [-0.25, -0.2) is 0 Å². The van der Waals surface area contributed by atoms with E-state index in [-0.39, 0.29) is 6.03 Å². The van der Waals surface area contributed by atoms with Gasteiger partial charge in [0.05, 0.1) is 19.6 Å². The third kappa shape index (κ3) is 2.22. The summed E-state index contributed by atoms with van der Waals surface area (Å²) in [6, 6.07) is 0.274. The summed E-state index contributed by atoms with van der Waals surface area (Å²) in [4.78, 5) is 21.1. The zero-order chi connectivity index (χ0) is 10.5. The van der Waals surface area contributed by atoms with E-state index in [2.05, 4.69) is 0 Å². The minimum absolute atomic E-state index is 0.274. The van der Waals surface area contributed by atoms with Crippen LogP contribution in [0.3, 0.4) is 0 Å². The summed E-state index contributed by atoms with van der Waals surface area (Å²) < 4.78 is 0. The third-order valence-electron chi connectivity index (χ3n) is 1.75. The molecule has 0 aromatic carbocycles. The van der Waals surface area contributed by atoms with Crippen molar-refractivity contribution < 1.29 is 30.0 Å². The highest BCUT2D eigenvalue weighted by molar-refractivity contribution is 7.74. The van der Waals surface area contributed by atoms with Gasteiger partial charge in [-0.05, 0) is 0 Å². The first-order valence-corrected chi connectivity index (χ1v) is 4.96. The molecule has 0 aliphatic carbocycles. The Balaban J connectivity index is 4.93. The molecule has 0 bridgehead atoms. The van der Waals surface area contributed by atoms with Crippen LogP contribution in [0.25, 0.3) is 0 Å². The van der Waals surface area contributed by atoms with Crippen molar-refractivity contribution in [1.82, 2.24) is 0 Å². The first kappa shape index (κ1) is 12.4. The Kier molecular flexibility index (Phi) is 5.02. The van der Waals surface area contributed by atoms with Gasteiger partial charge in [0.15, 0.2) is 0 Å².